The van der Waals surface area contributed by atoms with Gasteiger partial charge < -0.3 is 15.0 Å². The number of anilines is 1. The maximum atomic E-state index is 12.3. The molecule has 0 amide bonds. The molecule has 4 heterocycles. The molecule has 6 heteroatoms. The van der Waals surface area contributed by atoms with Crippen molar-refractivity contribution in [3.05, 3.63) is 84.3 Å². The number of ether oxygens (including phenoxy) is 1. The minimum Gasteiger partial charge on any atom is -0.437 e. The Labute approximate surface area is 154 Å². The molecule has 0 aliphatic carbocycles. The first-order chi connectivity index (χ1) is 13.3. The summed E-state index contributed by atoms with van der Waals surface area (Å²) in [7, 11) is 0. The van der Waals surface area contributed by atoms with Crippen LogP contribution in [0.4, 0.5) is 5.69 Å². The maximum Gasteiger partial charge on any atom is 0.226 e. The number of H-pyrrole nitrogens is 1. The van der Waals surface area contributed by atoms with E-state index >= 15 is 0 Å². The molecular weight excluding hydrogens is 340 g/mol. The Balaban J connectivity index is 1.39. The average Bonchev–Trinajstić information content (AvgIpc) is 3.25. The monoisotopic (exact) mass is 354 g/mol. The van der Waals surface area contributed by atoms with Gasteiger partial charge in [0, 0.05) is 40.6 Å². The second kappa shape index (κ2) is 6.10. The summed E-state index contributed by atoms with van der Waals surface area (Å²) in [4.78, 5) is 23.9. The minimum absolute atomic E-state index is 0.182. The molecule has 130 valence electrons. The molecule has 5 rings (SSSR count). The third-order valence-electron chi connectivity index (χ3n) is 4.37. The number of carbonyl (C=O) groups excluding carboxylic acids is 1. The molecule has 0 saturated heterocycles. The minimum atomic E-state index is -0.182. The zero-order chi connectivity index (χ0) is 18.2. The van der Waals surface area contributed by atoms with Crippen LogP contribution in [0, 0.1) is 0 Å². The van der Waals surface area contributed by atoms with E-state index in [1.807, 2.05) is 48.7 Å². The van der Waals surface area contributed by atoms with E-state index in [9.17, 15) is 4.79 Å². The predicted octanol–water partition coefficient (Wildman–Crippen LogP) is 4.00. The third-order valence-corrected chi connectivity index (χ3v) is 4.37. The lowest BCUT2D eigenvalue weighted by atomic mass is 10.2. The molecule has 0 unspecified atom stereocenters. The van der Waals surface area contributed by atoms with Crippen LogP contribution in [0.15, 0.2) is 78.8 Å². The second-order valence-electron chi connectivity index (χ2n) is 6.16. The van der Waals surface area contributed by atoms with Crippen LogP contribution in [0.25, 0.3) is 28.0 Å². The van der Waals surface area contributed by atoms with Crippen molar-refractivity contribution in [2.45, 2.75) is 0 Å². The molecule has 0 fully saturated rings. The topological polar surface area (TPSA) is 79.9 Å². The summed E-state index contributed by atoms with van der Waals surface area (Å²) < 4.78 is 5.72. The summed E-state index contributed by atoms with van der Waals surface area (Å²) in [5, 5.41) is 5.08. The van der Waals surface area contributed by atoms with Crippen molar-refractivity contribution >= 4 is 39.5 Å². The van der Waals surface area contributed by atoms with Gasteiger partial charge in [-0.25, -0.2) is 4.98 Å². The van der Waals surface area contributed by atoms with Gasteiger partial charge in [-0.15, -0.1) is 0 Å². The molecule has 0 bridgehead atoms. The second-order valence-corrected chi connectivity index (χ2v) is 6.16. The Morgan fingerprint density at radius 1 is 1.07 bits per heavy atom. The van der Waals surface area contributed by atoms with E-state index in [-0.39, 0.29) is 11.5 Å². The quantitative estimate of drug-likeness (QED) is 0.544. The van der Waals surface area contributed by atoms with E-state index in [4.69, 9.17) is 4.74 Å². The van der Waals surface area contributed by atoms with Gasteiger partial charge in [0.2, 0.25) is 11.7 Å². The highest BCUT2D eigenvalue weighted by Gasteiger charge is 2.21. The van der Waals surface area contributed by atoms with E-state index in [0.29, 0.717) is 5.88 Å². The van der Waals surface area contributed by atoms with E-state index in [2.05, 4.69) is 20.3 Å². The number of rotatable bonds is 3. The fourth-order valence-corrected chi connectivity index (χ4v) is 3.08. The van der Waals surface area contributed by atoms with Crippen molar-refractivity contribution in [3.8, 4) is 0 Å². The number of nitrogens with zero attached hydrogens (tertiary/aromatic N) is 2. The molecule has 27 heavy (non-hydrogen) atoms. The molecular formula is C21H14N4O2. The van der Waals surface area contributed by atoms with Gasteiger partial charge in [0.15, 0.2) is 5.76 Å². The molecule has 0 spiro atoms. The third kappa shape index (κ3) is 2.83. The van der Waals surface area contributed by atoms with Crippen LogP contribution in [-0.4, -0.2) is 20.7 Å². The Hall–Kier alpha value is -3.93. The number of hydrogen-bond donors (Lipinski definition) is 2. The summed E-state index contributed by atoms with van der Waals surface area (Å²) >= 11 is 0. The molecule has 0 saturated carbocycles. The number of hydrogen-bond acceptors (Lipinski definition) is 5. The predicted molar refractivity (Wildman–Crippen MR) is 104 cm³/mol. The maximum absolute atomic E-state index is 12.3. The lowest BCUT2D eigenvalue weighted by Crippen LogP contribution is -1.99. The van der Waals surface area contributed by atoms with Crippen LogP contribution in [-0.2, 0) is 9.53 Å². The number of allylic oxidation sites excluding steroid dienone is 1. The van der Waals surface area contributed by atoms with E-state index in [1.165, 1.54) is 6.08 Å². The Kier molecular flexibility index (Phi) is 3.47. The van der Waals surface area contributed by atoms with Gasteiger partial charge in [0.25, 0.3) is 0 Å². The molecule has 4 aromatic rings. The highest BCUT2D eigenvalue weighted by atomic mass is 16.5. The molecule has 1 aliphatic heterocycles. The lowest BCUT2D eigenvalue weighted by Gasteiger charge is -2.08. The Morgan fingerprint density at radius 3 is 2.93 bits per heavy atom. The van der Waals surface area contributed by atoms with Gasteiger partial charge in [0.1, 0.15) is 5.65 Å². The van der Waals surface area contributed by atoms with E-state index in [0.717, 1.165) is 33.2 Å². The van der Waals surface area contributed by atoms with Crippen LogP contribution in [0.2, 0.25) is 0 Å². The fourth-order valence-electron chi connectivity index (χ4n) is 3.08. The van der Waals surface area contributed by atoms with E-state index in [1.54, 1.807) is 18.5 Å². The van der Waals surface area contributed by atoms with Crippen LogP contribution < -0.4 is 5.32 Å². The summed E-state index contributed by atoms with van der Waals surface area (Å²) in [5.41, 5.74) is 3.36. The van der Waals surface area contributed by atoms with Crippen molar-refractivity contribution in [2.75, 3.05) is 5.32 Å². The van der Waals surface area contributed by atoms with Crippen LogP contribution in [0.3, 0.4) is 0 Å². The van der Waals surface area contributed by atoms with Crippen LogP contribution in [0.1, 0.15) is 5.56 Å². The number of ketones is 1. The van der Waals surface area contributed by atoms with Gasteiger partial charge in [0.05, 0.1) is 11.6 Å². The smallest absolute Gasteiger partial charge is 0.226 e. The molecule has 2 N–H and O–H groups in total. The molecule has 0 atom stereocenters. The Morgan fingerprint density at radius 2 is 1.96 bits per heavy atom. The first-order valence-corrected chi connectivity index (χ1v) is 8.46. The van der Waals surface area contributed by atoms with Gasteiger partial charge in [-0.2, -0.15) is 0 Å². The molecule has 0 radical (unpaired) electrons. The lowest BCUT2D eigenvalue weighted by molar-refractivity contribution is -0.112. The molecule has 3 aromatic heterocycles. The molecule has 1 aromatic carbocycles. The van der Waals surface area contributed by atoms with Gasteiger partial charge in [-0.3, -0.25) is 9.78 Å². The average molecular weight is 354 g/mol. The first kappa shape index (κ1) is 15.3. The zero-order valence-corrected chi connectivity index (χ0v) is 14.1. The highest BCUT2D eigenvalue weighted by molar-refractivity contribution is 6.09. The highest BCUT2D eigenvalue weighted by Crippen LogP contribution is 2.26. The van der Waals surface area contributed by atoms with Gasteiger partial charge in [-0.1, -0.05) is 6.07 Å². The SMILES string of the molecule is O=C1C=C(Nc2ccc3ncccc3c2)OC1=Cc1c[nH]c2ncccc12. The largest absolute Gasteiger partial charge is 0.437 e. The van der Waals surface area contributed by atoms with Crippen molar-refractivity contribution < 1.29 is 9.53 Å². The summed E-state index contributed by atoms with van der Waals surface area (Å²) in [6, 6.07) is 13.5. The first-order valence-electron chi connectivity index (χ1n) is 8.46. The number of nitrogens with one attached hydrogen (secondary N) is 2. The fraction of sp³-hybridized carbons (Fsp3) is 0. The van der Waals surface area contributed by atoms with Crippen LogP contribution in [0.5, 0.6) is 0 Å². The van der Waals surface area contributed by atoms with Gasteiger partial charge >= 0.3 is 0 Å². The number of aromatic amines is 1. The molecule has 1 aliphatic rings. The Bertz CT molecular complexity index is 1250. The number of benzene rings is 1. The van der Waals surface area contributed by atoms with Crippen molar-refractivity contribution in [1.82, 2.24) is 15.0 Å². The number of pyridine rings is 2. The van der Waals surface area contributed by atoms with E-state index < -0.39 is 0 Å². The molecule has 6 nitrogen and oxygen atoms in total. The standard InChI is InChI=1S/C21H14N4O2/c26-18-11-20(25-15-5-6-17-13(9-15)3-1-7-22-17)27-19(18)10-14-12-24-21-16(14)4-2-8-23-21/h1-12,25H,(H,23,24). The summed E-state index contributed by atoms with van der Waals surface area (Å²) in [6.07, 6.45) is 8.46. The van der Waals surface area contributed by atoms with Crippen molar-refractivity contribution in [2.24, 2.45) is 0 Å². The normalized spacial score (nSPS) is 15.3. The van der Waals surface area contributed by atoms with Gasteiger partial charge in [-0.05, 0) is 42.5 Å². The van der Waals surface area contributed by atoms with Crippen molar-refractivity contribution in [1.29, 1.82) is 0 Å². The zero-order valence-electron chi connectivity index (χ0n) is 14.1. The summed E-state index contributed by atoms with van der Waals surface area (Å²) in [5.74, 6) is 0.482. The van der Waals surface area contributed by atoms with Crippen LogP contribution >= 0.6 is 0 Å². The summed E-state index contributed by atoms with van der Waals surface area (Å²) in [6.45, 7) is 0. The van der Waals surface area contributed by atoms with Crippen molar-refractivity contribution in [3.63, 3.8) is 0 Å². The number of aromatic nitrogens is 3. The number of fused-ring (bicyclic) bond motifs is 2. The number of carbonyl (C=O) groups is 1.